The van der Waals surface area contributed by atoms with Crippen LogP contribution in [-0.2, 0) is 32.6 Å². The molecule has 0 aliphatic rings. The lowest BCUT2D eigenvalue weighted by Crippen LogP contribution is -2.53. The molecule has 0 spiro atoms. The molecule has 1 unspecified atom stereocenters. The van der Waals surface area contributed by atoms with Gasteiger partial charge in [0, 0.05) is 30.1 Å². The summed E-state index contributed by atoms with van der Waals surface area (Å²) in [7, 11) is -2.48. The van der Waals surface area contributed by atoms with Gasteiger partial charge >= 0.3 is 0 Å². The highest BCUT2D eigenvalue weighted by molar-refractivity contribution is 7.92. The normalized spacial score (nSPS) is 12.0. The van der Waals surface area contributed by atoms with Gasteiger partial charge in [0.1, 0.15) is 12.6 Å². The number of nitrogens with one attached hydrogen (secondary N) is 1. The van der Waals surface area contributed by atoms with E-state index in [0.717, 1.165) is 16.1 Å². The van der Waals surface area contributed by atoms with Crippen molar-refractivity contribution in [1.82, 2.24) is 10.2 Å². The van der Waals surface area contributed by atoms with Crippen LogP contribution in [0.25, 0.3) is 0 Å². The zero-order valence-electron chi connectivity index (χ0n) is 20.2. The second-order valence-corrected chi connectivity index (χ2v) is 11.5. The number of anilines is 1. The molecule has 0 bridgehead atoms. The third kappa shape index (κ3) is 7.61. The van der Waals surface area contributed by atoms with Crippen molar-refractivity contribution in [2.24, 2.45) is 0 Å². The van der Waals surface area contributed by atoms with E-state index in [4.69, 9.17) is 34.8 Å². The van der Waals surface area contributed by atoms with Crippen LogP contribution < -0.4 is 9.62 Å². The Labute approximate surface area is 232 Å². The van der Waals surface area contributed by atoms with Gasteiger partial charge in [0.05, 0.1) is 17.0 Å². The number of likely N-dealkylation sites (N-methyl/N-ethyl adjacent to an activating group) is 1. The number of carbonyl (C=O) groups is 2. The van der Waals surface area contributed by atoms with E-state index in [1.54, 1.807) is 24.3 Å². The third-order valence-corrected chi connectivity index (χ3v) is 7.72. The summed E-state index contributed by atoms with van der Waals surface area (Å²) in [6.07, 6.45) is 1.17. The summed E-state index contributed by atoms with van der Waals surface area (Å²) in [6.45, 7) is -0.629. The van der Waals surface area contributed by atoms with Crippen molar-refractivity contribution in [3.63, 3.8) is 0 Å². The minimum atomic E-state index is -3.96. The molecule has 0 fully saturated rings. The molecule has 11 heteroatoms. The van der Waals surface area contributed by atoms with Gasteiger partial charge < -0.3 is 10.2 Å². The molecule has 0 aliphatic carbocycles. The van der Waals surface area contributed by atoms with E-state index >= 15 is 0 Å². The number of rotatable bonds is 10. The molecule has 0 radical (unpaired) electrons. The smallest absolute Gasteiger partial charge is 0.244 e. The Morgan fingerprint density at radius 1 is 0.919 bits per heavy atom. The van der Waals surface area contributed by atoms with Crippen LogP contribution in [0, 0.1) is 0 Å². The third-order valence-electron chi connectivity index (χ3n) is 5.67. The average Bonchev–Trinajstić information content (AvgIpc) is 2.86. The average molecular weight is 583 g/mol. The molecule has 0 saturated heterocycles. The van der Waals surface area contributed by atoms with Crippen LogP contribution in [0.1, 0.15) is 11.1 Å². The first-order valence-electron chi connectivity index (χ1n) is 11.2. The molecule has 37 heavy (non-hydrogen) atoms. The Morgan fingerprint density at radius 3 is 2.19 bits per heavy atom. The number of hydrogen-bond donors (Lipinski definition) is 1. The molecular formula is C26H26Cl3N3O4S. The number of nitrogens with zero attached hydrogens (tertiary/aromatic N) is 2. The van der Waals surface area contributed by atoms with Crippen LogP contribution in [0.2, 0.25) is 15.1 Å². The van der Waals surface area contributed by atoms with Gasteiger partial charge in [-0.1, -0.05) is 83.3 Å². The van der Waals surface area contributed by atoms with Gasteiger partial charge in [-0.25, -0.2) is 8.42 Å². The standard InChI is InChI=1S/C26H26Cl3N3O4S/c1-30-26(34)24(14-18-8-4-3-5-9-18)31(16-19-10-6-7-11-21(19)28)25(33)17-32(37(2,35)36)23-15-20(27)12-13-22(23)29/h3-13,15,24H,14,16-17H2,1-2H3,(H,30,34). The van der Waals surface area contributed by atoms with E-state index < -0.39 is 34.4 Å². The molecule has 0 aromatic heterocycles. The molecule has 1 N–H and O–H groups in total. The van der Waals surface area contributed by atoms with Crippen molar-refractivity contribution in [2.75, 3.05) is 24.2 Å². The Hall–Kier alpha value is -2.78. The topological polar surface area (TPSA) is 86.8 Å². The first kappa shape index (κ1) is 28.8. The zero-order valence-corrected chi connectivity index (χ0v) is 23.3. The van der Waals surface area contributed by atoms with Crippen LogP contribution >= 0.6 is 34.8 Å². The number of hydrogen-bond acceptors (Lipinski definition) is 4. The van der Waals surface area contributed by atoms with Crippen LogP contribution in [0.5, 0.6) is 0 Å². The van der Waals surface area contributed by atoms with Gasteiger partial charge in [0.15, 0.2) is 0 Å². The highest BCUT2D eigenvalue weighted by atomic mass is 35.5. The second kappa shape index (κ2) is 12.6. The fourth-order valence-corrected chi connectivity index (χ4v) is 5.29. The first-order chi connectivity index (χ1) is 17.5. The Balaban J connectivity index is 2.07. The molecule has 196 valence electrons. The Bertz CT molecular complexity index is 1370. The lowest BCUT2D eigenvalue weighted by molar-refractivity contribution is -0.139. The highest BCUT2D eigenvalue weighted by Crippen LogP contribution is 2.31. The van der Waals surface area contributed by atoms with Crippen molar-refractivity contribution in [3.05, 3.63) is 99.0 Å². The monoisotopic (exact) mass is 581 g/mol. The second-order valence-electron chi connectivity index (χ2n) is 8.30. The summed E-state index contributed by atoms with van der Waals surface area (Å²) in [5.74, 6) is -1.03. The fourth-order valence-electron chi connectivity index (χ4n) is 3.80. The van der Waals surface area contributed by atoms with Crippen LogP contribution in [0.3, 0.4) is 0 Å². The van der Waals surface area contributed by atoms with Crippen molar-refractivity contribution in [2.45, 2.75) is 19.0 Å². The summed E-state index contributed by atoms with van der Waals surface area (Å²) in [5.41, 5.74) is 1.49. The number of halogens is 3. The molecule has 0 saturated carbocycles. The van der Waals surface area contributed by atoms with Gasteiger partial charge in [-0.05, 0) is 35.4 Å². The van der Waals surface area contributed by atoms with E-state index in [2.05, 4.69) is 5.32 Å². The van der Waals surface area contributed by atoms with Gasteiger partial charge in [0.2, 0.25) is 21.8 Å². The lowest BCUT2D eigenvalue weighted by Gasteiger charge is -2.33. The molecule has 0 aliphatic heterocycles. The van der Waals surface area contributed by atoms with Crippen molar-refractivity contribution in [1.29, 1.82) is 0 Å². The molecule has 7 nitrogen and oxygen atoms in total. The van der Waals surface area contributed by atoms with E-state index in [1.807, 2.05) is 30.3 Å². The lowest BCUT2D eigenvalue weighted by atomic mass is 10.0. The molecule has 3 rings (SSSR count). The van der Waals surface area contributed by atoms with Crippen molar-refractivity contribution >= 4 is 62.3 Å². The number of amides is 2. The number of sulfonamides is 1. The summed E-state index contributed by atoms with van der Waals surface area (Å²) >= 11 is 18.8. The molecule has 1 atom stereocenters. The SMILES string of the molecule is CNC(=O)C(Cc1ccccc1)N(Cc1ccccc1Cl)C(=O)CN(c1cc(Cl)ccc1Cl)S(C)(=O)=O. The van der Waals surface area contributed by atoms with Gasteiger partial charge in [-0.3, -0.25) is 13.9 Å². The van der Waals surface area contributed by atoms with E-state index in [-0.39, 0.29) is 28.7 Å². The predicted molar refractivity (Wildman–Crippen MR) is 149 cm³/mol. The number of carbonyl (C=O) groups excluding carboxylic acids is 2. The van der Waals surface area contributed by atoms with Crippen LogP contribution in [0.4, 0.5) is 5.69 Å². The van der Waals surface area contributed by atoms with Crippen LogP contribution in [0.15, 0.2) is 72.8 Å². The van der Waals surface area contributed by atoms with Gasteiger partial charge in [-0.2, -0.15) is 0 Å². The van der Waals surface area contributed by atoms with Crippen molar-refractivity contribution in [3.8, 4) is 0 Å². The van der Waals surface area contributed by atoms with E-state index in [0.29, 0.717) is 10.6 Å². The summed E-state index contributed by atoms with van der Waals surface area (Å²) in [4.78, 5) is 28.3. The largest absolute Gasteiger partial charge is 0.357 e. The number of benzene rings is 3. The Kier molecular flexibility index (Phi) is 9.84. The van der Waals surface area contributed by atoms with Crippen LogP contribution in [-0.4, -0.2) is 51.0 Å². The minimum absolute atomic E-state index is 0.0235. The minimum Gasteiger partial charge on any atom is -0.357 e. The first-order valence-corrected chi connectivity index (χ1v) is 14.2. The molecular weight excluding hydrogens is 557 g/mol. The van der Waals surface area contributed by atoms with E-state index in [9.17, 15) is 18.0 Å². The summed E-state index contributed by atoms with van der Waals surface area (Å²) in [5, 5.41) is 3.38. The molecule has 3 aromatic carbocycles. The Morgan fingerprint density at radius 2 is 1.57 bits per heavy atom. The van der Waals surface area contributed by atoms with Crippen molar-refractivity contribution < 1.29 is 18.0 Å². The maximum Gasteiger partial charge on any atom is 0.244 e. The predicted octanol–water partition coefficient (Wildman–Crippen LogP) is 4.80. The quantitative estimate of drug-likeness (QED) is 0.372. The van der Waals surface area contributed by atoms with E-state index in [1.165, 1.54) is 30.1 Å². The molecule has 3 aromatic rings. The maximum atomic E-state index is 13.9. The van der Waals surface area contributed by atoms with Gasteiger partial charge in [-0.15, -0.1) is 0 Å². The highest BCUT2D eigenvalue weighted by Gasteiger charge is 2.33. The summed E-state index contributed by atoms with van der Waals surface area (Å²) < 4.78 is 26.4. The summed E-state index contributed by atoms with van der Waals surface area (Å²) in [6, 6.07) is 19.6. The zero-order chi connectivity index (χ0) is 27.2. The molecule has 2 amide bonds. The fraction of sp³-hybridized carbons (Fsp3) is 0.231. The van der Waals surface area contributed by atoms with Gasteiger partial charge in [0.25, 0.3) is 0 Å². The maximum absolute atomic E-state index is 13.9. The molecule has 0 heterocycles.